The minimum Gasteiger partial charge on any atom is -0.478 e. The molecule has 0 saturated heterocycles. The van der Waals surface area contributed by atoms with Gasteiger partial charge in [-0.15, -0.1) is 5.10 Å². The Morgan fingerprint density at radius 1 is 0.967 bits per heavy atom. The number of carbonyl (C=O) groups is 2. The summed E-state index contributed by atoms with van der Waals surface area (Å²) in [5.74, 6) is -1.85. The van der Waals surface area contributed by atoms with Gasteiger partial charge in [0.2, 0.25) is 0 Å². The second kappa shape index (κ2) is 7.92. The summed E-state index contributed by atoms with van der Waals surface area (Å²) in [6.45, 7) is 0. The smallest absolute Gasteiger partial charge is 0.335 e. The van der Waals surface area contributed by atoms with Crippen LogP contribution in [0.5, 0.6) is 0 Å². The summed E-state index contributed by atoms with van der Waals surface area (Å²) in [5, 5.41) is 20.0. The van der Waals surface area contributed by atoms with Crippen LogP contribution in [0, 0.1) is 5.82 Å². The third kappa shape index (κ3) is 4.04. The third-order valence-electron chi connectivity index (χ3n) is 4.24. The van der Waals surface area contributed by atoms with Crippen molar-refractivity contribution in [2.45, 2.75) is 0 Å². The standard InChI is InChI=1S/C21H14FN5O3/c22-15-6-4-13(5-7-15)20(28)24-16-2-1-3-17(11-16)27-12-19(25-26-27)18-10-14(21(29)30)8-9-23-18/h1-12H,(H,24,28)(H,29,30). The van der Waals surface area contributed by atoms with E-state index in [0.717, 1.165) is 0 Å². The van der Waals surface area contributed by atoms with Crippen molar-refractivity contribution in [3.63, 3.8) is 0 Å². The number of benzene rings is 2. The van der Waals surface area contributed by atoms with Crippen LogP contribution in [0.3, 0.4) is 0 Å². The predicted octanol–water partition coefficient (Wildman–Crippen LogP) is 3.42. The Labute approximate surface area is 169 Å². The maximum Gasteiger partial charge on any atom is 0.335 e. The highest BCUT2D eigenvalue weighted by atomic mass is 19.1. The average Bonchev–Trinajstić information content (AvgIpc) is 3.25. The fraction of sp³-hybridized carbons (Fsp3) is 0. The van der Waals surface area contributed by atoms with E-state index in [2.05, 4.69) is 20.6 Å². The molecule has 148 valence electrons. The van der Waals surface area contributed by atoms with Gasteiger partial charge in [0.1, 0.15) is 11.5 Å². The van der Waals surface area contributed by atoms with E-state index in [0.29, 0.717) is 28.3 Å². The molecule has 4 rings (SSSR count). The van der Waals surface area contributed by atoms with E-state index in [1.54, 1.807) is 30.5 Å². The van der Waals surface area contributed by atoms with E-state index in [9.17, 15) is 14.0 Å². The first-order valence-corrected chi connectivity index (χ1v) is 8.79. The minimum absolute atomic E-state index is 0.0973. The molecule has 9 heteroatoms. The molecule has 0 aliphatic carbocycles. The number of aromatic nitrogens is 4. The Morgan fingerprint density at radius 2 is 1.77 bits per heavy atom. The maximum absolute atomic E-state index is 13.0. The number of nitrogens with zero attached hydrogens (tertiary/aromatic N) is 4. The number of carboxylic acids is 1. The highest BCUT2D eigenvalue weighted by Gasteiger charge is 2.11. The number of carboxylic acid groups (broad SMARTS) is 1. The molecule has 2 heterocycles. The van der Waals surface area contributed by atoms with Crippen LogP contribution < -0.4 is 5.32 Å². The molecular formula is C21H14FN5O3. The minimum atomic E-state index is -1.06. The van der Waals surface area contributed by atoms with Crippen molar-refractivity contribution < 1.29 is 19.1 Å². The molecule has 0 spiro atoms. The first-order chi connectivity index (χ1) is 14.5. The number of anilines is 1. The van der Waals surface area contributed by atoms with Gasteiger partial charge >= 0.3 is 5.97 Å². The molecule has 2 aromatic heterocycles. The van der Waals surface area contributed by atoms with Crippen molar-refractivity contribution >= 4 is 17.6 Å². The predicted molar refractivity (Wildman–Crippen MR) is 106 cm³/mol. The largest absolute Gasteiger partial charge is 0.478 e. The zero-order valence-corrected chi connectivity index (χ0v) is 15.4. The van der Waals surface area contributed by atoms with E-state index >= 15 is 0 Å². The number of amides is 1. The fourth-order valence-electron chi connectivity index (χ4n) is 2.74. The number of carbonyl (C=O) groups excluding carboxylic acids is 1. The van der Waals surface area contributed by atoms with Crippen molar-refractivity contribution in [2.24, 2.45) is 0 Å². The summed E-state index contributed by atoms with van der Waals surface area (Å²) in [7, 11) is 0. The van der Waals surface area contributed by atoms with Gasteiger partial charge in [0, 0.05) is 17.4 Å². The molecule has 0 radical (unpaired) electrons. The molecule has 30 heavy (non-hydrogen) atoms. The third-order valence-corrected chi connectivity index (χ3v) is 4.24. The van der Waals surface area contributed by atoms with Crippen LogP contribution in [0.4, 0.5) is 10.1 Å². The van der Waals surface area contributed by atoms with Gasteiger partial charge in [-0.3, -0.25) is 9.78 Å². The van der Waals surface area contributed by atoms with Gasteiger partial charge in [0.25, 0.3) is 5.91 Å². The maximum atomic E-state index is 13.0. The van der Waals surface area contributed by atoms with Crippen molar-refractivity contribution in [3.05, 3.63) is 90.0 Å². The molecular weight excluding hydrogens is 389 g/mol. The van der Waals surface area contributed by atoms with Gasteiger partial charge in [0.15, 0.2) is 0 Å². The zero-order valence-electron chi connectivity index (χ0n) is 15.4. The van der Waals surface area contributed by atoms with Crippen molar-refractivity contribution in [3.8, 4) is 17.1 Å². The van der Waals surface area contributed by atoms with Crippen LogP contribution >= 0.6 is 0 Å². The van der Waals surface area contributed by atoms with Gasteiger partial charge < -0.3 is 10.4 Å². The number of hydrogen-bond acceptors (Lipinski definition) is 5. The molecule has 2 N–H and O–H groups in total. The molecule has 0 atom stereocenters. The Morgan fingerprint density at radius 3 is 2.53 bits per heavy atom. The van der Waals surface area contributed by atoms with Crippen LogP contribution in [-0.2, 0) is 0 Å². The van der Waals surface area contributed by atoms with Crippen LogP contribution in [0.2, 0.25) is 0 Å². The summed E-state index contributed by atoms with van der Waals surface area (Å²) >= 11 is 0. The monoisotopic (exact) mass is 403 g/mol. The Kier molecular flexibility index (Phi) is 5.00. The highest BCUT2D eigenvalue weighted by molar-refractivity contribution is 6.04. The average molecular weight is 403 g/mol. The van der Waals surface area contributed by atoms with E-state index in [1.807, 2.05) is 0 Å². The molecule has 0 bridgehead atoms. The second-order valence-electron chi connectivity index (χ2n) is 6.29. The lowest BCUT2D eigenvalue weighted by Gasteiger charge is -2.07. The lowest BCUT2D eigenvalue weighted by molar-refractivity contribution is 0.0696. The molecule has 8 nitrogen and oxygen atoms in total. The quantitative estimate of drug-likeness (QED) is 0.528. The number of rotatable bonds is 5. The number of halogens is 1. The Bertz CT molecular complexity index is 1240. The Balaban J connectivity index is 1.56. The summed E-state index contributed by atoms with van der Waals surface area (Å²) in [4.78, 5) is 27.6. The molecule has 2 aromatic carbocycles. The summed E-state index contributed by atoms with van der Waals surface area (Å²) in [6.07, 6.45) is 3.00. The van der Waals surface area contributed by atoms with Crippen LogP contribution in [0.25, 0.3) is 17.1 Å². The molecule has 0 aliphatic rings. The van der Waals surface area contributed by atoms with Crippen molar-refractivity contribution in [1.29, 1.82) is 0 Å². The van der Waals surface area contributed by atoms with Gasteiger partial charge in [0.05, 0.1) is 23.1 Å². The van der Waals surface area contributed by atoms with Gasteiger partial charge in [-0.2, -0.15) is 0 Å². The normalized spacial score (nSPS) is 10.6. The van der Waals surface area contributed by atoms with E-state index in [1.165, 1.54) is 47.3 Å². The lowest BCUT2D eigenvalue weighted by atomic mass is 10.2. The van der Waals surface area contributed by atoms with Crippen LogP contribution in [0.1, 0.15) is 20.7 Å². The summed E-state index contributed by atoms with van der Waals surface area (Å²) in [5.41, 5.74) is 2.35. The van der Waals surface area contributed by atoms with E-state index < -0.39 is 11.8 Å². The SMILES string of the molecule is O=C(O)c1ccnc(-c2cn(-c3cccc(NC(=O)c4ccc(F)cc4)c3)nn2)c1. The van der Waals surface area contributed by atoms with Crippen molar-refractivity contribution in [1.82, 2.24) is 20.0 Å². The van der Waals surface area contributed by atoms with Gasteiger partial charge in [-0.05, 0) is 54.6 Å². The second-order valence-corrected chi connectivity index (χ2v) is 6.29. The number of nitrogens with one attached hydrogen (secondary N) is 1. The lowest BCUT2D eigenvalue weighted by Crippen LogP contribution is -2.12. The number of aromatic carboxylic acids is 1. The van der Waals surface area contributed by atoms with Gasteiger partial charge in [-0.1, -0.05) is 11.3 Å². The fourth-order valence-corrected chi connectivity index (χ4v) is 2.74. The molecule has 4 aromatic rings. The number of hydrogen-bond donors (Lipinski definition) is 2. The Hall–Kier alpha value is -4.40. The van der Waals surface area contributed by atoms with Gasteiger partial charge in [-0.25, -0.2) is 13.9 Å². The van der Waals surface area contributed by atoms with Crippen molar-refractivity contribution in [2.75, 3.05) is 5.32 Å². The zero-order chi connectivity index (χ0) is 21.1. The van der Waals surface area contributed by atoms with E-state index in [4.69, 9.17) is 5.11 Å². The van der Waals surface area contributed by atoms with Crippen LogP contribution in [-0.4, -0.2) is 37.0 Å². The highest BCUT2D eigenvalue weighted by Crippen LogP contribution is 2.19. The molecule has 0 unspecified atom stereocenters. The summed E-state index contributed by atoms with van der Waals surface area (Å²) in [6, 6.07) is 15.0. The van der Waals surface area contributed by atoms with E-state index in [-0.39, 0.29) is 11.5 Å². The molecule has 0 aliphatic heterocycles. The van der Waals surface area contributed by atoms with Crippen LogP contribution in [0.15, 0.2) is 73.1 Å². The first kappa shape index (κ1) is 18.9. The molecule has 0 fully saturated rings. The number of pyridine rings is 1. The molecule has 1 amide bonds. The first-order valence-electron chi connectivity index (χ1n) is 8.79. The summed E-state index contributed by atoms with van der Waals surface area (Å²) < 4.78 is 14.5. The molecule has 0 saturated carbocycles. The topological polar surface area (TPSA) is 110 Å².